The van der Waals surface area contributed by atoms with Crippen molar-refractivity contribution >= 4 is 29.2 Å². The molecule has 5 nitrogen and oxygen atoms in total. The number of aromatic carboxylic acids is 1. The molecule has 0 aliphatic rings. The number of nitriles is 1. The van der Waals surface area contributed by atoms with E-state index < -0.39 is 35.4 Å². The molecule has 0 heterocycles. The molecule has 0 aromatic heterocycles. The zero-order valence-electron chi connectivity index (χ0n) is 8.33. The summed E-state index contributed by atoms with van der Waals surface area (Å²) in [5.74, 6) is -3.21. The van der Waals surface area contributed by atoms with E-state index in [2.05, 4.69) is 0 Å². The Hall–Kier alpha value is -2.13. The maximum absolute atomic E-state index is 13.4. The first kappa shape index (κ1) is 12.9. The molecular weight excluding hydrogens is 251 g/mol. The highest BCUT2D eigenvalue weighted by Gasteiger charge is 2.20. The van der Waals surface area contributed by atoms with Crippen LogP contribution in [0.15, 0.2) is 12.1 Å². The summed E-state index contributed by atoms with van der Waals surface area (Å²) in [6, 6.07) is 3.55. The third-order valence-corrected chi connectivity index (χ3v) is 2.14. The highest BCUT2D eigenvalue weighted by atomic mass is 35.5. The quantitative estimate of drug-likeness (QED) is 0.866. The number of carboxylic acids is 1. The Morgan fingerprint density at radius 2 is 2.18 bits per heavy atom. The smallest absolute Gasteiger partial charge is 0.339 e. The van der Waals surface area contributed by atoms with Crippen LogP contribution in [-0.2, 0) is 4.79 Å². The Kier molecular flexibility index (Phi) is 4.01. The zero-order valence-corrected chi connectivity index (χ0v) is 9.08. The maximum atomic E-state index is 13.4. The largest absolute Gasteiger partial charge is 0.478 e. The first-order valence-electron chi connectivity index (χ1n) is 4.35. The molecule has 0 aliphatic heterocycles. The second-order valence-corrected chi connectivity index (χ2v) is 3.37. The summed E-state index contributed by atoms with van der Waals surface area (Å²) < 4.78 is 13.4. The Balaban J connectivity index is 3.22. The first-order chi connectivity index (χ1) is 7.97. The number of amides is 1. The van der Waals surface area contributed by atoms with E-state index in [1.807, 2.05) is 5.32 Å². The van der Waals surface area contributed by atoms with Crippen LogP contribution in [-0.4, -0.2) is 17.0 Å². The molecule has 1 rings (SSSR count). The van der Waals surface area contributed by atoms with E-state index in [1.54, 1.807) is 6.07 Å². The van der Waals surface area contributed by atoms with Crippen LogP contribution in [0.1, 0.15) is 16.8 Å². The predicted octanol–water partition coefficient (Wildman–Crippen LogP) is 2.03. The number of carbonyl (C=O) groups is 2. The molecule has 0 atom stereocenters. The van der Waals surface area contributed by atoms with Crippen molar-refractivity contribution in [3.63, 3.8) is 0 Å². The second-order valence-electron chi connectivity index (χ2n) is 2.97. The standard InChI is InChI=1S/C10H6ClFN2O3/c11-5-1-2-6(12)9(8(5)10(16)17)14-7(15)3-4-13/h1-2H,3H2,(H,14,15)(H,16,17). The molecule has 0 unspecified atom stereocenters. The average Bonchev–Trinajstić information content (AvgIpc) is 2.23. The molecule has 17 heavy (non-hydrogen) atoms. The number of halogens is 2. The fourth-order valence-electron chi connectivity index (χ4n) is 1.14. The van der Waals surface area contributed by atoms with Crippen LogP contribution in [0.2, 0.25) is 5.02 Å². The van der Waals surface area contributed by atoms with Gasteiger partial charge in [0.1, 0.15) is 17.8 Å². The van der Waals surface area contributed by atoms with E-state index in [0.717, 1.165) is 12.1 Å². The third kappa shape index (κ3) is 2.92. The summed E-state index contributed by atoms with van der Waals surface area (Å²) in [5, 5.41) is 18.9. The van der Waals surface area contributed by atoms with Gasteiger partial charge < -0.3 is 10.4 Å². The molecule has 0 spiro atoms. The van der Waals surface area contributed by atoms with E-state index in [9.17, 15) is 14.0 Å². The molecule has 0 saturated carbocycles. The molecular formula is C10H6ClFN2O3. The average molecular weight is 257 g/mol. The van der Waals surface area contributed by atoms with Gasteiger partial charge in [-0.3, -0.25) is 4.79 Å². The van der Waals surface area contributed by atoms with Crippen molar-refractivity contribution in [1.29, 1.82) is 5.26 Å². The minimum atomic E-state index is -1.47. The molecule has 0 radical (unpaired) electrons. The molecule has 7 heteroatoms. The van der Waals surface area contributed by atoms with Gasteiger partial charge in [0.15, 0.2) is 0 Å². The lowest BCUT2D eigenvalue weighted by Crippen LogP contribution is -2.15. The van der Waals surface area contributed by atoms with Crippen LogP contribution in [0.4, 0.5) is 10.1 Å². The van der Waals surface area contributed by atoms with Crippen molar-refractivity contribution in [2.24, 2.45) is 0 Å². The van der Waals surface area contributed by atoms with Crippen molar-refractivity contribution < 1.29 is 19.1 Å². The van der Waals surface area contributed by atoms with E-state index in [1.165, 1.54) is 0 Å². The van der Waals surface area contributed by atoms with E-state index >= 15 is 0 Å². The maximum Gasteiger partial charge on any atom is 0.339 e. The summed E-state index contributed by atoms with van der Waals surface area (Å²) in [6.07, 6.45) is -0.509. The van der Waals surface area contributed by atoms with Crippen molar-refractivity contribution in [3.05, 3.63) is 28.5 Å². The Labute approximate surface area is 100 Å². The highest BCUT2D eigenvalue weighted by Crippen LogP contribution is 2.27. The second kappa shape index (κ2) is 5.27. The van der Waals surface area contributed by atoms with E-state index in [4.69, 9.17) is 22.0 Å². The topological polar surface area (TPSA) is 90.2 Å². The number of anilines is 1. The first-order valence-corrected chi connectivity index (χ1v) is 4.73. The number of nitrogens with zero attached hydrogens (tertiary/aromatic N) is 1. The van der Waals surface area contributed by atoms with Gasteiger partial charge in [-0.15, -0.1) is 0 Å². The molecule has 1 amide bonds. The molecule has 0 fully saturated rings. The van der Waals surface area contributed by atoms with Crippen molar-refractivity contribution in [2.45, 2.75) is 6.42 Å². The molecule has 1 aromatic carbocycles. The lowest BCUT2D eigenvalue weighted by molar-refractivity contribution is -0.115. The summed E-state index contributed by atoms with van der Waals surface area (Å²) in [5.41, 5.74) is -1.08. The van der Waals surface area contributed by atoms with Crippen LogP contribution in [0.25, 0.3) is 0 Å². The van der Waals surface area contributed by atoms with Gasteiger partial charge in [0.25, 0.3) is 0 Å². The lowest BCUT2D eigenvalue weighted by atomic mass is 10.1. The van der Waals surface area contributed by atoms with Gasteiger partial charge in [-0.25, -0.2) is 9.18 Å². The number of nitrogens with one attached hydrogen (secondary N) is 1. The Bertz CT molecular complexity index is 525. The van der Waals surface area contributed by atoms with Crippen molar-refractivity contribution in [3.8, 4) is 6.07 Å². The van der Waals surface area contributed by atoms with Gasteiger partial charge in [-0.2, -0.15) is 5.26 Å². The van der Waals surface area contributed by atoms with Crippen LogP contribution in [0.5, 0.6) is 0 Å². The number of carboxylic acid groups (broad SMARTS) is 1. The molecule has 0 aliphatic carbocycles. The third-order valence-electron chi connectivity index (χ3n) is 1.82. The minimum Gasteiger partial charge on any atom is -0.478 e. The molecule has 0 saturated heterocycles. The number of hydrogen-bond acceptors (Lipinski definition) is 3. The Morgan fingerprint density at radius 1 is 1.53 bits per heavy atom. The predicted molar refractivity (Wildman–Crippen MR) is 57.2 cm³/mol. The van der Waals surface area contributed by atoms with Crippen LogP contribution in [0, 0.1) is 17.1 Å². The normalized spacial score (nSPS) is 9.47. The van der Waals surface area contributed by atoms with Gasteiger partial charge in [-0.05, 0) is 12.1 Å². The summed E-state index contributed by atoms with van der Waals surface area (Å²) in [4.78, 5) is 22.0. The van der Waals surface area contributed by atoms with Crippen LogP contribution < -0.4 is 5.32 Å². The fraction of sp³-hybridized carbons (Fsp3) is 0.100. The SMILES string of the molecule is N#CCC(=O)Nc1c(F)ccc(Cl)c1C(=O)O. The van der Waals surface area contributed by atoms with Gasteiger partial charge in [-0.1, -0.05) is 11.6 Å². The van der Waals surface area contributed by atoms with E-state index in [0.29, 0.717) is 0 Å². The number of hydrogen-bond donors (Lipinski definition) is 2. The lowest BCUT2D eigenvalue weighted by Gasteiger charge is -2.09. The van der Waals surface area contributed by atoms with E-state index in [-0.39, 0.29) is 5.02 Å². The summed E-state index contributed by atoms with van der Waals surface area (Å²) >= 11 is 5.59. The van der Waals surface area contributed by atoms with Gasteiger partial charge >= 0.3 is 5.97 Å². The van der Waals surface area contributed by atoms with Gasteiger partial charge in [0, 0.05) is 0 Å². The summed E-state index contributed by atoms with van der Waals surface area (Å²) in [6.45, 7) is 0. The number of rotatable bonds is 3. The van der Waals surface area contributed by atoms with Gasteiger partial charge in [0.2, 0.25) is 5.91 Å². The fourth-order valence-corrected chi connectivity index (χ4v) is 1.38. The molecule has 2 N–H and O–H groups in total. The molecule has 1 aromatic rings. The van der Waals surface area contributed by atoms with Crippen molar-refractivity contribution in [2.75, 3.05) is 5.32 Å². The zero-order chi connectivity index (χ0) is 13.0. The Morgan fingerprint density at radius 3 is 2.71 bits per heavy atom. The molecule has 88 valence electrons. The number of benzene rings is 1. The van der Waals surface area contributed by atoms with Crippen molar-refractivity contribution in [1.82, 2.24) is 0 Å². The summed E-state index contributed by atoms with van der Waals surface area (Å²) in [7, 11) is 0. The monoisotopic (exact) mass is 256 g/mol. The highest BCUT2D eigenvalue weighted by molar-refractivity contribution is 6.34. The van der Waals surface area contributed by atoms with Crippen LogP contribution in [0.3, 0.4) is 0 Å². The molecule has 0 bridgehead atoms. The van der Waals surface area contributed by atoms with Gasteiger partial charge in [0.05, 0.1) is 16.8 Å². The number of carbonyl (C=O) groups excluding carboxylic acids is 1. The van der Waals surface area contributed by atoms with Crippen LogP contribution >= 0.6 is 11.6 Å². The minimum absolute atomic E-state index is 0.203.